The Kier molecular flexibility index (Phi) is 5.36. The van der Waals surface area contributed by atoms with E-state index in [0.29, 0.717) is 29.5 Å². The molecule has 0 aliphatic rings. The molecule has 0 spiro atoms. The van der Waals surface area contributed by atoms with E-state index in [1.54, 1.807) is 18.2 Å². The molecule has 0 aliphatic heterocycles. The Balaban J connectivity index is 1.62. The van der Waals surface area contributed by atoms with Crippen LogP contribution in [-0.2, 0) is 0 Å². The molecule has 4 rings (SSSR count). The van der Waals surface area contributed by atoms with E-state index < -0.39 is 0 Å². The van der Waals surface area contributed by atoms with Gasteiger partial charge in [-0.25, -0.2) is 4.98 Å². The minimum Gasteiger partial charge on any atom is -0.493 e. The number of anilines is 1. The van der Waals surface area contributed by atoms with Crippen molar-refractivity contribution in [2.45, 2.75) is 13.8 Å². The highest BCUT2D eigenvalue weighted by molar-refractivity contribution is 9.10. The number of amides is 1. The maximum atomic E-state index is 12.8. The normalized spacial score (nSPS) is 10.9. The topological polar surface area (TPSA) is 64.4 Å². The van der Waals surface area contributed by atoms with Crippen molar-refractivity contribution in [2.24, 2.45) is 0 Å². The number of aromatic nitrogens is 1. The highest BCUT2D eigenvalue weighted by Gasteiger charge is 2.15. The number of carbonyl (C=O) groups is 1. The molecule has 3 aromatic carbocycles. The van der Waals surface area contributed by atoms with Crippen LogP contribution in [0.1, 0.15) is 22.8 Å². The molecule has 1 N–H and O–H groups in total. The smallest absolute Gasteiger partial charge is 0.255 e. The number of halogens is 1. The van der Waals surface area contributed by atoms with E-state index in [9.17, 15) is 4.79 Å². The molecule has 1 aromatic heterocycles. The molecule has 0 fully saturated rings. The molecule has 0 unspecified atom stereocenters. The predicted molar refractivity (Wildman–Crippen MR) is 117 cm³/mol. The number of nitrogens with zero attached hydrogens (tertiary/aromatic N) is 1. The quantitative estimate of drug-likeness (QED) is 0.392. The summed E-state index contributed by atoms with van der Waals surface area (Å²) in [6.07, 6.45) is 0. The summed E-state index contributed by atoms with van der Waals surface area (Å²) in [7, 11) is 0. The lowest BCUT2D eigenvalue weighted by atomic mass is 10.1. The van der Waals surface area contributed by atoms with Gasteiger partial charge in [0.2, 0.25) is 5.89 Å². The van der Waals surface area contributed by atoms with Gasteiger partial charge in [-0.15, -0.1) is 0 Å². The van der Waals surface area contributed by atoms with Gasteiger partial charge in [0.1, 0.15) is 11.3 Å². The zero-order valence-electron chi connectivity index (χ0n) is 16.0. The lowest BCUT2D eigenvalue weighted by Gasteiger charge is -2.12. The number of carbonyl (C=O) groups excluding carboxylic acids is 1. The van der Waals surface area contributed by atoms with Gasteiger partial charge >= 0.3 is 0 Å². The summed E-state index contributed by atoms with van der Waals surface area (Å²) in [5, 5.41) is 2.98. The van der Waals surface area contributed by atoms with E-state index in [-0.39, 0.29) is 5.91 Å². The molecule has 1 heterocycles. The maximum absolute atomic E-state index is 12.8. The first-order valence-corrected chi connectivity index (χ1v) is 10.1. The van der Waals surface area contributed by atoms with Crippen molar-refractivity contribution >= 4 is 38.6 Å². The van der Waals surface area contributed by atoms with Gasteiger partial charge in [-0.1, -0.05) is 18.2 Å². The van der Waals surface area contributed by atoms with Crippen molar-refractivity contribution in [3.05, 3.63) is 76.3 Å². The van der Waals surface area contributed by atoms with Crippen molar-refractivity contribution in [3.8, 4) is 17.2 Å². The van der Waals surface area contributed by atoms with Gasteiger partial charge < -0.3 is 14.5 Å². The summed E-state index contributed by atoms with van der Waals surface area (Å²) < 4.78 is 12.1. The van der Waals surface area contributed by atoms with Crippen molar-refractivity contribution in [3.63, 3.8) is 0 Å². The molecule has 0 bridgehead atoms. The largest absolute Gasteiger partial charge is 0.493 e. The number of benzene rings is 3. The van der Waals surface area contributed by atoms with Gasteiger partial charge in [0, 0.05) is 16.8 Å². The Bertz CT molecular complexity index is 1170. The van der Waals surface area contributed by atoms with E-state index in [1.807, 2.05) is 56.3 Å². The van der Waals surface area contributed by atoms with Crippen molar-refractivity contribution in [2.75, 3.05) is 11.9 Å². The first-order valence-electron chi connectivity index (χ1n) is 9.26. The van der Waals surface area contributed by atoms with Gasteiger partial charge in [0.25, 0.3) is 5.91 Å². The number of fused-ring (bicyclic) bond motifs is 1. The van der Waals surface area contributed by atoms with Crippen LogP contribution in [0.5, 0.6) is 5.75 Å². The summed E-state index contributed by atoms with van der Waals surface area (Å²) in [5.41, 5.74) is 4.50. The second-order valence-electron chi connectivity index (χ2n) is 6.50. The highest BCUT2D eigenvalue weighted by atomic mass is 79.9. The van der Waals surface area contributed by atoms with Crippen LogP contribution in [-0.4, -0.2) is 17.5 Å². The number of hydrogen-bond donors (Lipinski definition) is 1. The number of oxazole rings is 1. The summed E-state index contributed by atoms with van der Waals surface area (Å²) in [6, 6.07) is 18.6. The van der Waals surface area contributed by atoms with Gasteiger partial charge in [-0.3, -0.25) is 4.79 Å². The third kappa shape index (κ3) is 3.89. The lowest BCUT2D eigenvalue weighted by Crippen LogP contribution is -2.13. The van der Waals surface area contributed by atoms with Crippen molar-refractivity contribution in [1.29, 1.82) is 0 Å². The van der Waals surface area contributed by atoms with E-state index in [2.05, 4.69) is 26.2 Å². The second-order valence-corrected chi connectivity index (χ2v) is 7.35. The zero-order chi connectivity index (χ0) is 20.4. The first-order chi connectivity index (χ1) is 14.1. The monoisotopic (exact) mass is 450 g/mol. The first kappa shape index (κ1) is 19.2. The Labute approximate surface area is 176 Å². The maximum Gasteiger partial charge on any atom is 0.255 e. The summed E-state index contributed by atoms with van der Waals surface area (Å²) in [5.74, 6) is 1.04. The Morgan fingerprint density at radius 2 is 1.97 bits per heavy atom. The van der Waals surface area contributed by atoms with Crippen LogP contribution in [0.2, 0.25) is 0 Å². The number of nitrogens with one attached hydrogen (secondary N) is 1. The molecule has 146 valence electrons. The summed E-state index contributed by atoms with van der Waals surface area (Å²) >= 11 is 3.45. The number of ether oxygens (including phenoxy) is 1. The fourth-order valence-corrected chi connectivity index (χ4v) is 3.59. The molecule has 0 radical (unpaired) electrons. The Morgan fingerprint density at radius 3 is 2.72 bits per heavy atom. The third-order valence-corrected chi connectivity index (χ3v) is 5.22. The van der Waals surface area contributed by atoms with E-state index in [0.717, 1.165) is 26.7 Å². The van der Waals surface area contributed by atoms with Gasteiger partial charge in [-0.05, 0) is 77.8 Å². The van der Waals surface area contributed by atoms with Crippen LogP contribution in [0.25, 0.3) is 22.6 Å². The van der Waals surface area contributed by atoms with Crippen LogP contribution in [0, 0.1) is 6.92 Å². The minimum atomic E-state index is -0.202. The van der Waals surface area contributed by atoms with E-state index in [1.165, 1.54) is 0 Å². The molecule has 29 heavy (non-hydrogen) atoms. The molecule has 1 amide bonds. The third-order valence-electron chi connectivity index (χ3n) is 4.60. The SMILES string of the molecule is CCOc1ccc(C(=O)Nc2cccc(-c3nc4ccccc4o3)c2C)cc1Br. The molecule has 4 aromatic rings. The lowest BCUT2D eigenvalue weighted by molar-refractivity contribution is 0.102. The van der Waals surface area contributed by atoms with Crippen LogP contribution < -0.4 is 10.1 Å². The van der Waals surface area contributed by atoms with E-state index >= 15 is 0 Å². The summed E-state index contributed by atoms with van der Waals surface area (Å²) in [4.78, 5) is 17.3. The standard InChI is InChI=1S/C23H19BrN2O3/c1-3-28-20-12-11-15(13-17(20)24)22(27)25-18-9-6-7-16(14(18)2)23-26-19-8-4-5-10-21(19)29-23/h4-13H,3H2,1-2H3,(H,25,27). The fourth-order valence-electron chi connectivity index (χ4n) is 3.10. The van der Waals surface area contributed by atoms with Crippen molar-refractivity contribution < 1.29 is 13.9 Å². The Morgan fingerprint density at radius 1 is 1.14 bits per heavy atom. The highest BCUT2D eigenvalue weighted by Crippen LogP contribution is 2.31. The van der Waals surface area contributed by atoms with Gasteiger partial charge in [0.05, 0.1) is 11.1 Å². The molecule has 0 saturated carbocycles. The number of para-hydroxylation sites is 2. The van der Waals surface area contributed by atoms with Gasteiger partial charge in [0.15, 0.2) is 5.58 Å². The minimum absolute atomic E-state index is 0.202. The van der Waals surface area contributed by atoms with Crippen LogP contribution >= 0.6 is 15.9 Å². The second kappa shape index (κ2) is 8.09. The molecular weight excluding hydrogens is 432 g/mol. The number of hydrogen-bond acceptors (Lipinski definition) is 4. The fraction of sp³-hybridized carbons (Fsp3) is 0.130. The zero-order valence-corrected chi connectivity index (χ0v) is 17.6. The number of rotatable bonds is 5. The van der Waals surface area contributed by atoms with Gasteiger partial charge in [-0.2, -0.15) is 0 Å². The molecular formula is C23H19BrN2O3. The average Bonchev–Trinajstić information content (AvgIpc) is 3.15. The molecule has 0 aliphatic carbocycles. The molecule has 5 nitrogen and oxygen atoms in total. The van der Waals surface area contributed by atoms with Crippen molar-refractivity contribution in [1.82, 2.24) is 4.98 Å². The predicted octanol–water partition coefficient (Wildman–Crippen LogP) is 6.22. The van der Waals surface area contributed by atoms with E-state index in [4.69, 9.17) is 9.15 Å². The van der Waals surface area contributed by atoms with Crippen LogP contribution in [0.15, 0.2) is 69.6 Å². The Hall–Kier alpha value is -3.12. The molecule has 0 atom stereocenters. The average molecular weight is 451 g/mol. The van der Waals surface area contributed by atoms with Crippen LogP contribution in [0.4, 0.5) is 5.69 Å². The molecule has 6 heteroatoms. The summed E-state index contributed by atoms with van der Waals surface area (Å²) in [6.45, 7) is 4.42. The molecule has 0 saturated heterocycles. The van der Waals surface area contributed by atoms with Crippen LogP contribution in [0.3, 0.4) is 0 Å².